The first-order chi connectivity index (χ1) is 8.07. The molecule has 2 N–H and O–H groups in total. The van der Waals surface area contributed by atoms with Gasteiger partial charge in [-0.15, -0.1) is 11.3 Å². The predicted octanol–water partition coefficient (Wildman–Crippen LogP) is 0.897. The van der Waals surface area contributed by atoms with E-state index < -0.39 is 10.0 Å². The van der Waals surface area contributed by atoms with Gasteiger partial charge in [-0.3, -0.25) is 0 Å². The molecule has 0 fully saturated rings. The molecule has 98 valence electrons. The number of hydrogen-bond acceptors (Lipinski definition) is 5. The number of hydrogen-bond donors (Lipinski definition) is 2. The molecule has 0 spiro atoms. The van der Waals surface area contributed by atoms with E-state index in [1.807, 2.05) is 6.92 Å². The summed E-state index contributed by atoms with van der Waals surface area (Å²) in [6.45, 7) is 2.32. The fraction of sp³-hybridized carbons (Fsp3) is 0.700. The van der Waals surface area contributed by atoms with Crippen molar-refractivity contribution in [3.8, 4) is 0 Å². The van der Waals surface area contributed by atoms with Crippen LogP contribution in [0.4, 0.5) is 0 Å². The van der Waals surface area contributed by atoms with E-state index in [2.05, 4.69) is 9.71 Å². The van der Waals surface area contributed by atoms with Gasteiger partial charge < -0.3 is 5.11 Å². The second-order valence-corrected chi connectivity index (χ2v) is 6.77. The lowest BCUT2D eigenvalue weighted by Gasteiger charge is -2.04. The lowest BCUT2D eigenvalue weighted by molar-refractivity contribution is 0.287. The molecule has 0 radical (unpaired) electrons. The minimum Gasteiger partial charge on any atom is -0.396 e. The van der Waals surface area contributed by atoms with Gasteiger partial charge in [-0.25, -0.2) is 18.1 Å². The summed E-state index contributed by atoms with van der Waals surface area (Å²) in [5.41, 5.74) is 0. The first-order valence-corrected chi connectivity index (χ1v) is 8.06. The zero-order chi connectivity index (χ0) is 12.7. The van der Waals surface area contributed by atoms with E-state index in [1.165, 1.54) is 11.3 Å². The second-order valence-electron chi connectivity index (χ2n) is 3.64. The highest BCUT2D eigenvalue weighted by atomic mass is 32.2. The number of aliphatic hydroxyl groups excluding tert-OH is 1. The lowest BCUT2D eigenvalue weighted by atomic mass is 10.4. The molecule has 5 nitrogen and oxygen atoms in total. The van der Waals surface area contributed by atoms with Gasteiger partial charge in [-0.1, -0.05) is 6.92 Å². The number of unbranched alkanes of at least 4 members (excludes halogenated alkanes) is 1. The van der Waals surface area contributed by atoms with E-state index in [-0.39, 0.29) is 18.9 Å². The van der Waals surface area contributed by atoms with Gasteiger partial charge in [-0.05, 0) is 19.3 Å². The van der Waals surface area contributed by atoms with Gasteiger partial charge in [0, 0.05) is 17.7 Å². The Hall–Kier alpha value is -0.500. The third kappa shape index (κ3) is 5.58. The zero-order valence-electron chi connectivity index (χ0n) is 9.85. The molecule has 0 saturated carbocycles. The molecule has 1 aromatic rings. The van der Waals surface area contributed by atoms with Crippen LogP contribution in [0.3, 0.4) is 0 Å². The van der Waals surface area contributed by atoms with Crippen molar-refractivity contribution in [1.82, 2.24) is 9.71 Å². The van der Waals surface area contributed by atoms with E-state index >= 15 is 0 Å². The van der Waals surface area contributed by atoms with E-state index in [0.29, 0.717) is 12.8 Å². The number of sulfonamides is 1. The number of thiazole rings is 1. The van der Waals surface area contributed by atoms with E-state index in [1.54, 1.807) is 6.20 Å². The number of aryl methyl sites for hydroxylation is 1. The molecule has 7 heteroatoms. The van der Waals surface area contributed by atoms with Crippen molar-refractivity contribution < 1.29 is 13.5 Å². The number of nitrogens with one attached hydrogen (secondary N) is 1. The minimum absolute atomic E-state index is 0.0296. The Kier molecular flexibility index (Phi) is 6.04. The van der Waals surface area contributed by atoms with E-state index in [0.717, 1.165) is 16.3 Å². The molecular weight excluding hydrogens is 260 g/mol. The van der Waals surface area contributed by atoms with Crippen LogP contribution in [0.5, 0.6) is 0 Å². The molecule has 1 rings (SSSR count). The van der Waals surface area contributed by atoms with Crippen molar-refractivity contribution in [3.05, 3.63) is 16.1 Å². The van der Waals surface area contributed by atoms with Crippen LogP contribution >= 0.6 is 11.3 Å². The Balaban J connectivity index is 2.38. The van der Waals surface area contributed by atoms with Crippen molar-refractivity contribution in [2.45, 2.75) is 32.7 Å². The van der Waals surface area contributed by atoms with Gasteiger partial charge in [0.15, 0.2) is 0 Å². The highest BCUT2D eigenvalue weighted by Crippen LogP contribution is 2.13. The molecule has 17 heavy (non-hydrogen) atoms. The molecule has 0 aliphatic carbocycles. The first kappa shape index (κ1) is 14.6. The lowest BCUT2D eigenvalue weighted by Crippen LogP contribution is -2.26. The van der Waals surface area contributed by atoms with Crippen LogP contribution < -0.4 is 4.72 Å². The van der Waals surface area contributed by atoms with Gasteiger partial charge in [-0.2, -0.15) is 0 Å². The molecule has 0 amide bonds. The molecule has 1 aromatic heterocycles. The van der Waals surface area contributed by atoms with Crippen LogP contribution in [-0.2, 0) is 23.0 Å². The Labute approximate surface area is 106 Å². The van der Waals surface area contributed by atoms with Crippen LogP contribution in [0.25, 0.3) is 0 Å². The Morgan fingerprint density at radius 1 is 1.47 bits per heavy atom. The van der Waals surface area contributed by atoms with Crippen LogP contribution in [-0.4, -0.2) is 30.9 Å². The van der Waals surface area contributed by atoms with Crippen molar-refractivity contribution in [2.75, 3.05) is 12.4 Å². The predicted molar refractivity (Wildman–Crippen MR) is 68.4 cm³/mol. The molecule has 1 heterocycles. The quantitative estimate of drug-likeness (QED) is 0.692. The van der Waals surface area contributed by atoms with E-state index in [4.69, 9.17) is 5.11 Å². The summed E-state index contributed by atoms with van der Waals surface area (Å²) >= 11 is 1.52. The molecule has 0 unspecified atom stereocenters. The SMILES string of the molecule is CCc1cnc(CNS(=O)(=O)CCCCO)s1. The van der Waals surface area contributed by atoms with Crippen molar-refractivity contribution in [2.24, 2.45) is 0 Å². The number of aromatic nitrogens is 1. The van der Waals surface area contributed by atoms with Crippen LogP contribution in [0.1, 0.15) is 29.7 Å². The molecule has 0 aliphatic rings. The second kappa shape index (κ2) is 7.05. The largest absolute Gasteiger partial charge is 0.396 e. The van der Waals surface area contributed by atoms with Crippen molar-refractivity contribution >= 4 is 21.4 Å². The number of nitrogens with zero attached hydrogens (tertiary/aromatic N) is 1. The standard InChI is InChI=1S/C10H18N2O3S2/c1-2-9-7-11-10(16-9)8-12-17(14,15)6-4-3-5-13/h7,12-13H,2-6,8H2,1H3. The van der Waals surface area contributed by atoms with E-state index in [9.17, 15) is 8.42 Å². The summed E-state index contributed by atoms with van der Waals surface area (Å²) in [5, 5.41) is 9.36. The highest BCUT2D eigenvalue weighted by molar-refractivity contribution is 7.89. The maximum atomic E-state index is 11.5. The summed E-state index contributed by atoms with van der Waals surface area (Å²) in [4.78, 5) is 5.29. The Bertz CT molecular complexity index is 429. The molecule has 0 atom stereocenters. The van der Waals surface area contributed by atoms with Crippen LogP contribution in [0.15, 0.2) is 6.20 Å². The third-order valence-electron chi connectivity index (χ3n) is 2.21. The summed E-state index contributed by atoms with van der Waals surface area (Å²) in [6, 6.07) is 0. The van der Waals surface area contributed by atoms with Gasteiger partial charge >= 0.3 is 0 Å². The Morgan fingerprint density at radius 3 is 2.82 bits per heavy atom. The van der Waals surface area contributed by atoms with Gasteiger partial charge in [0.05, 0.1) is 12.3 Å². The summed E-state index contributed by atoms with van der Waals surface area (Å²) in [7, 11) is -3.24. The normalized spacial score (nSPS) is 11.9. The third-order valence-corrected chi connectivity index (χ3v) is 4.77. The topological polar surface area (TPSA) is 79.3 Å². The molecule has 0 aliphatic heterocycles. The average Bonchev–Trinajstić information content (AvgIpc) is 2.75. The summed E-state index contributed by atoms with van der Waals surface area (Å²) in [5.74, 6) is 0.0551. The first-order valence-electron chi connectivity index (χ1n) is 5.59. The fourth-order valence-electron chi connectivity index (χ4n) is 1.24. The van der Waals surface area contributed by atoms with Gasteiger partial charge in [0.1, 0.15) is 5.01 Å². The molecule has 0 saturated heterocycles. The number of aliphatic hydroxyl groups is 1. The maximum Gasteiger partial charge on any atom is 0.211 e. The Morgan fingerprint density at radius 2 is 2.24 bits per heavy atom. The molecule has 0 bridgehead atoms. The van der Waals surface area contributed by atoms with Crippen molar-refractivity contribution in [3.63, 3.8) is 0 Å². The van der Waals surface area contributed by atoms with Crippen LogP contribution in [0, 0.1) is 0 Å². The fourth-order valence-corrected chi connectivity index (χ4v) is 3.22. The zero-order valence-corrected chi connectivity index (χ0v) is 11.5. The monoisotopic (exact) mass is 278 g/mol. The maximum absolute atomic E-state index is 11.5. The van der Waals surface area contributed by atoms with Gasteiger partial charge in [0.25, 0.3) is 0 Å². The smallest absolute Gasteiger partial charge is 0.211 e. The summed E-state index contributed by atoms with van der Waals surface area (Å²) < 4.78 is 25.6. The minimum atomic E-state index is -3.24. The number of rotatable bonds is 8. The molecular formula is C10H18N2O3S2. The average molecular weight is 278 g/mol. The van der Waals surface area contributed by atoms with Crippen molar-refractivity contribution in [1.29, 1.82) is 0 Å². The van der Waals surface area contributed by atoms with Crippen LogP contribution in [0.2, 0.25) is 0 Å². The summed E-state index contributed by atoms with van der Waals surface area (Å²) in [6.07, 6.45) is 3.68. The van der Waals surface area contributed by atoms with Gasteiger partial charge in [0.2, 0.25) is 10.0 Å². The molecule has 0 aromatic carbocycles. The highest BCUT2D eigenvalue weighted by Gasteiger charge is 2.10.